The van der Waals surface area contributed by atoms with E-state index in [0.29, 0.717) is 25.6 Å². The largest absolute Gasteiger partial charge is 0.463 e. The Kier molecular flexibility index (Phi) is 5.77. The summed E-state index contributed by atoms with van der Waals surface area (Å²) >= 11 is 0. The number of carbonyl (C=O) groups excluding carboxylic acids is 1. The molecule has 0 atom stereocenters. The van der Waals surface area contributed by atoms with Gasteiger partial charge in [0, 0.05) is 7.11 Å². The lowest BCUT2D eigenvalue weighted by Gasteiger charge is -2.27. The van der Waals surface area contributed by atoms with E-state index in [1.54, 1.807) is 7.11 Å². The molecular weight excluding hydrogens is 180 g/mol. The van der Waals surface area contributed by atoms with Gasteiger partial charge in [-0.25, -0.2) is 0 Å². The van der Waals surface area contributed by atoms with Gasteiger partial charge in [-0.2, -0.15) is 0 Å². The molecule has 0 bridgehead atoms. The van der Waals surface area contributed by atoms with E-state index in [4.69, 9.17) is 9.47 Å². The first-order valence-electron chi connectivity index (χ1n) is 5.04. The van der Waals surface area contributed by atoms with Crippen molar-refractivity contribution in [3.05, 3.63) is 0 Å². The van der Waals surface area contributed by atoms with Crippen LogP contribution < -0.4 is 0 Å². The average Bonchev–Trinajstić information content (AvgIpc) is 2.03. The number of rotatable bonds is 6. The maximum absolute atomic E-state index is 11.4. The van der Waals surface area contributed by atoms with Crippen molar-refractivity contribution < 1.29 is 14.3 Å². The van der Waals surface area contributed by atoms with E-state index in [0.717, 1.165) is 0 Å². The van der Waals surface area contributed by atoms with E-state index in [1.807, 2.05) is 0 Å². The third-order valence-corrected chi connectivity index (χ3v) is 2.71. The van der Waals surface area contributed by atoms with Crippen LogP contribution in [0.5, 0.6) is 0 Å². The normalized spacial score (nSPS) is 11.9. The van der Waals surface area contributed by atoms with Gasteiger partial charge in [0.15, 0.2) is 0 Å². The highest BCUT2D eigenvalue weighted by molar-refractivity contribution is 5.70. The van der Waals surface area contributed by atoms with Crippen LogP contribution in [0.1, 0.15) is 34.1 Å². The fourth-order valence-electron chi connectivity index (χ4n) is 0.866. The highest BCUT2D eigenvalue weighted by Gasteiger charge is 2.26. The summed E-state index contributed by atoms with van der Waals surface area (Å²) in [4.78, 5) is 11.4. The summed E-state index contributed by atoms with van der Waals surface area (Å²) in [5.41, 5.74) is 0.00412. The predicted molar refractivity (Wildman–Crippen MR) is 56.1 cm³/mol. The minimum absolute atomic E-state index is 0.00412. The van der Waals surface area contributed by atoms with Crippen LogP contribution in [-0.4, -0.2) is 26.3 Å². The molecule has 0 aliphatic carbocycles. The Morgan fingerprint density at radius 2 is 1.86 bits per heavy atom. The van der Waals surface area contributed by atoms with E-state index in [9.17, 15) is 4.79 Å². The summed E-state index contributed by atoms with van der Waals surface area (Å²) in [5.74, 6) is 0.332. The quantitative estimate of drug-likeness (QED) is 0.489. The number of hydrogen-bond acceptors (Lipinski definition) is 3. The molecule has 0 saturated carbocycles. The van der Waals surface area contributed by atoms with Gasteiger partial charge in [-0.15, -0.1) is 0 Å². The lowest BCUT2D eigenvalue weighted by atomic mass is 9.78. The van der Waals surface area contributed by atoms with Gasteiger partial charge >= 0.3 is 5.97 Å². The van der Waals surface area contributed by atoms with Crippen LogP contribution in [0.4, 0.5) is 0 Å². The van der Waals surface area contributed by atoms with Crippen molar-refractivity contribution in [2.75, 3.05) is 20.3 Å². The molecule has 14 heavy (non-hydrogen) atoms. The zero-order valence-corrected chi connectivity index (χ0v) is 9.92. The van der Waals surface area contributed by atoms with Crippen molar-refractivity contribution in [1.82, 2.24) is 0 Å². The van der Waals surface area contributed by atoms with Crippen molar-refractivity contribution in [3.8, 4) is 0 Å². The topological polar surface area (TPSA) is 35.5 Å². The van der Waals surface area contributed by atoms with Gasteiger partial charge in [0.2, 0.25) is 0 Å². The Balaban J connectivity index is 3.82. The van der Waals surface area contributed by atoms with Crippen LogP contribution in [0.15, 0.2) is 0 Å². The van der Waals surface area contributed by atoms with Gasteiger partial charge < -0.3 is 9.47 Å². The lowest BCUT2D eigenvalue weighted by Crippen LogP contribution is -2.25. The molecule has 0 spiro atoms. The third-order valence-electron chi connectivity index (χ3n) is 2.71. The van der Waals surface area contributed by atoms with Crippen molar-refractivity contribution >= 4 is 5.97 Å². The number of methoxy groups -OCH3 is 1. The number of hydrogen-bond donors (Lipinski definition) is 0. The van der Waals surface area contributed by atoms with Crippen LogP contribution in [-0.2, 0) is 14.3 Å². The molecule has 3 nitrogen and oxygen atoms in total. The van der Waals surface area contributed by atoms with Crippen LogP contribution in [0.25, 0.3) is 0 Å². The lowest BCUT2D eigenvalue weighted by molar-refractivity contribution is -0.147. The van der Waals surface area contributed by atoms with Crippen molar-refractivity contribution in [1.29, 1.82) is 0 Å². The minimum Gasteiger partial charge on any atom is -0.463 e. The molecule has 0 heterocycles. The first-order valence-corrected chi connectivity index (χ1v) is 5.04. The van der Waals surface area contributed by atoms with Gasteiger partial charge in [-0.1, -0.05) is 27.7 Å². The monoisotopic (exact) mass is 202 g/mol. The molecule has 0 aromatic carbocycles. The molecule has 0 radical (unpaired) electrons. The number of carbonyl (C=O) groups is 1. The smallest absolute Gasteiger partial charge is 0.306 e. The van der Waals surface area contributed by atoms with E-state index in [2.05, 4.69) is 27.7 Å². The fourth-order valence-corrected chi connectivity index (χ4v) is 0.866. The number of ether oxygens (including phenoxy) is 2. The summed E-state index contributed by atoms with van der Waals surface area (Å²) in [7, 11) is 1.59. The van der Waals surface area contributed by atoms with E-state index in [-0.39, 0.29) is 11.4 Å². The molecule has 0 unspecified atom stereocenters. The van der Waals surface area contributed by atoms with Crippen LogP contribution in [0, 0.1) is 11.3 Å². The van der Waals surface area contributed by atoms with E-state index in [1.165, 1.54) is 0 Å². The standard InChI is InChI=1S/C11H22O3/c1-9(2)11(3,4)8-10(12)14-7-6-13-5/h9H,6-8H2,1-5H3. The predicted octanol–water partition coefficient (Wildman–Crippen LogP) is 2.25. The molecule has 0 N–H and O–H groups in total. The van der Waals surface area contributed by atoms with Crippen LogP contribution in [0.3, 0.4) is 0 Å². The Morgan fingerprint density at radius 3 is 2.29 bits per heavy atom. The summed E-state index contributed by atoms with van der Waals surface area (Å²) in [6.45, 7) is 9.20. The Morgan fingerprint density at radius 1 is 1.29 bits per heavy atom. The molecule has 0 aromatic rings. The minimum atomic E-state index is -0.138. The van der Waals surface area contributed by atoms with Crippen LogP contribution >= 0.6 is 0 Å². The zero-order valence-electron chi connectivity index (χ0n) is 9.92. The Bertz CT molecular complexity index is 173. The van der Waals surface area contributed by atoms with Crippen molar-refractivity contribution in [3.63, 3.8) is 0 Å². The summed E-state index contributed by atoms with van der Waals surface area (Å²) in [6.07, 6.45) is 0.467. The Labute approximate surface area is 86.8 Å². The van der Waals surface area contributed by atoms with Crippen LogP contribution in [0.2, 0.25) is 0 Å². The maximum Gasteiger partial charge on any atom is 0.306 e. The average molecular weight is 202 g/mol. The zero-order chi connectivity index (χ0) is 11.2. The van der Waals surface area contributed by atoms with E-state index >= 15 is 0 Å². The SMILES string of the molecule is COCCOC(=O)CC(C)(C)C(C)C. The highest BCUT2D eigenvalue weighted by atomic mass is 16.6. The fraction of sp³-hybridized carbons (Fsp3) is 0.909. The summed E-state index contributed by atoms with van der Waals surface area (Å²) in [5, 5.41) is 0. The highest BCUT2D eigenvalue weighted by Crippen LogP contribution is 2.30. The van der Waals surface area contributed by atoms with Gasteiger partial charge in [-0.05, 0) is 11.3 Å². The van der Waals surface area contributed by atoms with Gasteiger partial charge in [0.05, 0.1) is 13.0 Å². The molecule has 0 saturated heterocycles. The molecule has 0 fully saturated rings. The summed E-state index contributed by atoms with van der Waals surface area (Å²) in [6, 6.07) is 0. The molecule has 0 rings (SSSR count). The Hall–Kier alpha value is -0.570. The molecular formula is C11H22O3. The second kappa shape index (κ2) is 6.02. The maximum atomic E-state index is 11.4. The second-order valence-electron chi connectivity index (χ2n) is 4.53. The molecule has 3 heteroatoms. The van der Waals surface area contributed by atoms with Gasteiger partial charge in [0.25, 0.3) is 0 Å². The second-order valence-corrected chi connectivity index (χ2v) is 4.53. The third kappa shape index (κ3) is 5.22. The van der Waals surface area contributed by atoms with E-state index < -0.39 is 0 Å². The van der Waals surface area contributed by atoms with Gasteiger partial charge in [-0.3, -0.25) is 4.79 Å². The van der Waals surface area contributed by atoms with Gasteiger partial charge in [0.1, 0.15) is 6.61 Å². The first kappa shape index (κ1) is 13.4. The van der Waals surface area contributed by atoms with Crippen molar-refractivity contribution in [2.24, 2.45) is 11.3 Å². The first-order chi connectivity index (χ1) is 6.40. The molecule has 84 valence electrons. The molecule has 0 amide bonds. The molecule has 0 aromatic heterocycles. The molecule has 0 aliphatic rings. The number of esters is 1. The summed E-state index contributed by atoms with van der Waals surface area (Å²) < 4.78 is 9.80. The molecule has 0 aliphatic heterocycles. The van der Waals surface area contributed by atoms with Crippen molar-refractivity contribution in [2.45, 2.75) is 34.1 Å².